The van der Waals surface area contributed by atoms with Crippen LogP contribution in [-0.2, 0) is 20.2 Å². The summed E-state index contributed by atoms with van der Waals surface area (Å²) in [5.41, 5.74) is 1.36. The standard InChI is InChI=1S/C24H41ClO4PS/c1-3-4-5-6-9-13-24(21(2)28-18-11-19-29-30(26)27)31-20-10-7-8-12-22-14-16-23(25)17-15-22/h14-17,21,24H,3-13,18-20H2,1-2H3,(H,26,27)/t21-,24+/m1/s1. The van der Waals surface area contributed by atoms with Crippen LogP contribution in [0.25, 0.3) is 0 Å². The first-order valence-electron chi connectivity index (χ1n) is 11.8. The molecule has 1 unspecified atom stereocenters. The summed E-state index contributed by atoms with van der Waals surface area (Å²) in [7, 11) is -2.50. The summed E-state index contributed by atoms with van der Waals surface area (Å²) in [4.78, 5) is 8.68. The van der Waals surface area contributed by atoms with Crippen LogP contribution in [0.2, 0.25) is 5.02 Å². The molecule has 0 spiro atoms. The number of rotatable bonds is 20. The van der Waals surface area contributed by atoms with Gasteiger partial charge in [0.05, 0.1) is 12.7 Å². The van der Waals surface area contributed by atoms with Crippen LogP contribution >= 0.6 is 31.6 Å². The summed E-state index contributed by atoms with van der Waals surface area (Å²) < 4.78 is 21.3. The minimum absolute atomic E-state index is 0.188. The van der Waals surface area contributed by atoms with Crippen LogP contribution in [0.1, 0.15) is 83.6 Å². The van der Waals surface area contributed by atoms with Gasteiger partial charge in [0.25, 0.3) is 0 Å². The van der Waals surface area contributed by atoms with Gasteiger partial charge in [-0.1, -0.05) is 69.2 Å². The Bertz CT molecular complexity index is 573. The Hall–Kier alpha value is -0.160. The Balaban J connectivity index is 2.26. The molecule has 31 heavy (non-hydrogen) atoms. The highest BCUT2D eigenvalue weighted by Gasteiger charge is 2.18. The van der Waals surface area contributed by atoms with Gasteiger partial charge in [-0.3, -0.25) is 9.42 Å². The van der Waals surface area contributed by atoms with Gasteiger partial charge in [-0.2, -0.15) is 11.8 Å². The van der Waals surface area contributed by atoms with Crippen molar-refractivity contribution in [3.8, 4) is 0 Å². The van der Waals surface area contributed by atoms with Crippen molar-refractivity contribution in [2.24, 2.45) is 0 Å². The van der Waals surface area contributed by atoms with Crippen LogP contribution < -0.4 is 0 Å². The van der Waals surface area contributed by atoms with E-state index in [1.807, 2.05) is 23.9 Å². The molecule has 4 nitrogen and oxygen atoms in total. The maximum absolute atomic E-state index is 10.6. The topological polar surface area (TPSA) is 55.8 Å². The maximum Gasteiger partial charge on any atom is 0.366 e. The average Bonchev–Trinajstić information content (AvgIpc) is 2.75. The van der Waals surface area contributed by atoms with Crippen molar-refractivity contribution in [1.82, 2.24) is 0 Å². The summed E-state index contributed by atoms with van der Waals surface area (Å²) in [6, 6.07) is 8.17. The first kappa shape index (κ1) is 28.9. The molecule has 0 saturated carbocycles. The number of halogens is 1. The highest BCUT2D eigenvalue weighted by Crippen LogP contribution is 2.25. The van der Waals surface area contributed by atoms with Gasteiger partial charge in [0, 0.05) is 16.9 Å². The van der Waals surface area contributed by atoms with Gasteiger partial charge in [-0.15, -0.1) is 0 Å². The molecule has 3 atom stereocenters. The monoisotopic (exact) mass is 491 g/mol. The largest absolute Gasteiger partial charge is 0.377 e. The summed E-state index contributed by atoms with van der Waals surface area (Å²) in [5, 5.41) is 1.31. The van der Waals surface area contributed by atoms with Gasteiger partial charge < -0.3 is 4.74 Å². The number of hydrogen-bond acceptors (Lipinski definition) is 4. The SMILES string of the molecule is CCCCCCC[C@H](SCCCCCc1ccc(Cl)cc1)[C@@H](C)OCCCO[P](=O)O. The molecule has 0 amide bonds. The third kappa shape index (κ3) is 16.2. The fourth-order valence-electron chi connectivity index (χ4n) is 3.47. The van der Waals surface area contributed by atoms with Gasteiger partial charge in [0.15, 0.2) is 0 Å². The molecule has 0 aliphatic carbocycles. The third-order valence-corrected chi connectivity index (χ3v) is 7.57. The minimum atomic E-state index is -2.50. The zero-order valence-corrected chi connectivity index (χ0v) is 21.7. The Labute approximate surface area is 199 Å². The lowest BCUT2D eigenvalue weighted by Crippen LogP contribution is -2.24. The highest BCUT2D eigenvalue weighted by molar-refractivity contribution is 7.99. The number of benzene rings is 1. The lowest BCUT2D eigenvalue weighted by atomic mass is 10.1. The second-order valence-corrected chi connectivity index (χ2v) is 10.6. The van der Waals surface area contributed by atoms with E-state index in [1.54, 1.807) is 0 Å². The molecule has 0 aliphatic heterocycles. The van der Waals surface area contributed by atoms with E-state index in [0.29, 0.717) is 18.3 Å². The second kappa shape index (κ2) is 19.3. The molecule has 0 fully saturated rings. The van der Waals surface area contributed by atoms with Crippen molar-refractivity contribution in [3.05, 3.63) is 34.9 Å². The predicted octanol–water partition coefficient (Wildman–Crippen LogP) is 7.98. The summed E-state index contributed by atoms with van der Waals surface area (Å²) >= 11 is 8.00. The van der Waals surface area contributed by atoms with E-state index in [9.17, 15) is 4.57 Å². The number of aryl methyl sites for hydroxylation is 1. The molecule has 1 N–H and O–H groups in total. The Kier molecular flexibility index (Phi) is 18.0. The molecular weight excluding hydrogens is 451 g/mol. The smallest absolute Gasteiger partial charge is 0.366 e. The Morgan fingerprint density at radius 2 is 1.71 bits per heavy atom. The van der Waals surface area contributed by atoms with Crippen LogP contribution in [0.15, 0.2) is 24.3 Å². The van der Waals surface area contributed by atoms with Crippen molar-refractivity contribution >= 4 is 31.6 Å². The molecule has 179 valence electrons. The van der Waals surface area contributed by atoms with Gasteiger partial charge in [0.2, 0.25) is 0 Å². The van der Waals surface area contributed by atoms with Crippen molar-refractivity contribution in [2.45, 2.75) is 95.8 Å². The molecule has 0 aromatic heterocycles. The van der Waals surface area contributed by atoms with Crippen LogP contribution in [0.5, 0.6) is 0 Å². The predicted molar refractivity (Wildman–Crippen MR) is 134 cm³/mol. The summed E-state index contributed by atoms with van der Waals surface area (Å²) in [5.74, 6) is 1.17. The molecule has 1 aromatic rings. The number of hydrogen-bond donors (Lipinski definition) is 1. The van der Waals surface area contributed by atoms with E-state index in [1.165, 1.54) is 69.1 Å². The third-order valence-electron chi connectivity index (χ3n) is 5.34. The normalized spacial score (nSPS) is 13.9. The van der Waals surface area contributed by atoms with Crippen molar-refractivity contribution in [3.63, 3.8) is 0 Å². The summed E-state index contributed by atoms with van der Waals surface area (Å²) in [6.45, 7) is 5.25. The first-order valence-corrected chi connectivity index (χ1v) is 14.3. The van der Waals surface area contributed by atoms with Gasteiger partial charge >= 0.3 is 8.25 Å². The van der Waals surface area contributed by atoms with Gasteiger partial charge in [0.1, 0.15) is 0 Å². The lowest BCUT2D eigenvalue weighted by Gasteiger charge is -2.24. The quantitative estimate of drug-likeness (QED) is 0.148. The molecule has 1 rings (SSSR count). The molecule has 0 aliphatic rings. The van der Waals surface area contributed by atoms with E-state index in [0.717, 1.165) is 11.4 Å². The first-order chi connectivity index (χ1) is 15.0. The average molecular weight is 492 g/mol. The van der Waals surface area contributed by atoms with Crippen LogP contribution in [0, 0.1) is 0 Å². The fraction of sp³-hybridized carbons (Fsp3) is 0.750. The summed E-state index contributed by atoms with van der Waals surface area (Å²) in [6.07, 6.45) is 13.3. The minimum Gasteiger partial charge on any atom is -0.377 e. The van der Waals surface area contributed by atoms with Crippen molar-refractivity contribution < 1.29 is 18.7 Å². The highest BCUT2D eigenvalue weighted by atomic mass is 35.5. The van der Waals surface area contributed by atoms with Crippen LogP contribution in [0.4, 0.5) is 0 Å². The van der Waals surface area contributed by atoms with Gasteiger partial charge in [-0.05, 0) is 62.5 Å². The second-order valence-electron chi connectivity index (χ2n) is 8.05. The number of unbranched alkanes of at least 4 members (excludes halogenated alkanes) is 6. The number of ether oxygens (including phenoxy) is 1. The van der Waals surface area contributed by atoms with Crippen LogP contribution in [0.3, 0.4) is 0 Å². The fourth-order valence-corrected chi connectivity index (χ4v) is 5.24. The lowest BCUT2D eigenvalue weighted by molar-refractivity contribution is 0.0543. The van der Waals surface area contributed by atoms with Crippen LogP contribution in [-0.4, -0.2) is 35.2 Å². The molecule has 7 heteroatoms. The van der Waals surface area contributed by atoms with E-state index < -0.39 is 8.25 Å². The van der Waals surface area contributed by atoms with Crippen molar-refractivity contribution in [2.75, 3.05) is 19.0 Å². The Morgan fingerprint density at radius 3 is 2.42 bits per heavy atom. The molecule has 0 saturated heterocycles. The Morgan fingerprint density at radius 1 is 1.00 bits per heavy atom. The van der Waals surface area contributed by atoms with Gasteiger partial charge in [-0.25, -0.2) is 4.57 Å². The van der Waals surface area contributed by atoms with E-state index in [-0.39, 0.29) is 12.7 Å². The molecule has 0 bridgehead atoms. The molecule has 1 aromatic carbocycles. The molecule has 0 heterocycles. The molecule has 1 radical (unpaired) electrons. The van der Waals surface area contributed by atoms with Crippen molar-refractivity contribution in [1.29, 1.82) is 0 Å². The van der Waals surface area contributed by atoms with E-state index in [2.05, 4.69) is 26.0 Å². The zero-order chi connectivity index (χ0) is 22.7. The maximum atomic E-state index is 10.6. The number of thioether (sulfide) groups is 1. The molecular formula is C24H41ClO4PS. The van der Waals surface area contributed by atoms with E-state index in [4.69, 9.17) is 25.8 Å². The van der Waals surface area contributed by atoms with E-state index >= 15 is 0 Å². The zero-order valence-electron chi connectivity index (χ0n) is 19.3.